The highest BCUT2D eigenvalue weighted by Crippen LogP contribution is 2.27. The molecule has 3 atom stereocenters. The summed E-state index contributed by atoms with van der Waals surface area (Å²) in [6.07, 6.45) is 7.63. The Hall–Kier alpha value is -0.870. The molecular formula is C13H23N3O. The van der Waals surface area contributed by atoms with Gasteiger partial charge in [-0.15, -0.1) is 0 Å². The van der Waals surface area contributed by atoms with Crippen LogP contribution in [0.4, 0.5) is 0 Å². The fourth-order valence-corrected chi connectivity index (χ4v) is 2.56. The van der Waals surface area contributed by atoms with Crippen molar-refractivity contribution < 1.29 is 5.11 Å². The third-order valence-corrected chi connectivity index (χ3v) is 3.85. The van der Waals surface area contributed by atoms with E-state index in [1.807, 2.05) is 25.6 Å². The molecule has 2 rings (SSSR count). The van der Waals surface area contributed by atoms with E-state index in [-0.39, 0.29) is 6.10 Å². The second-order valence-corrected chi connectivity index (χ2v) is 5.16. The lowest BCUT2D eigenvalue weighted by atomic mass is 9.93. The molecule has 17 heavy (non-hydrogen) atoms. The highest BCUT2D eigenvalue weighted by Gasteiger charge is 2.27. The van der Waals surface area contributed by atoms with Gasteiger partial charge in [0.2, 0.25) is 0 Å². The maximum atomic E-state index is 9.73. The maximum absolute atomic E-state index is 9.73. The Morgan fingerprint density at radius 3 is 3.00 bits per heavy atom. The summed E-state index contributed by atoms with van der Waals surface area (Å²) in [5, 5.41) is 9.73. The van der Waals surface area contributed by atoms with Gasteiger partial charge in [0.05, 0.1) is 12.4 Å². The maximum Gasteiger partial charge on any atom is 0.0949 e. The number of piperidine rings is 1. The third-order valence-electron chi connectivity index (χ3n) is 3.85. The highest BCUT2D eigenvalue weighted by molar-refractivity contribution is 4.88. The van der Waals surface area contributed by atoms with Crippen molar-refractivity contribution in [2.75, 3.05) is 19.6 Å². The van der Waals surface area contributed by atoms with Crippen LogP contribution in [0, 0.1) is 5.92 Å². The lowest BCUT2D eigenvalue weighted by Gasteiger charge is -2.38. The van der Waals surface area contributed by atoms with Crippen molar-refractivity contribution in [3.63, 3.8) is 0 Å². The molecule has 0 bridgehead atoms. The molecule has 1 aliphatic heterocycles. The summed E-state index contributed by atoms with van der Waals surface area (Å²) in [5.74, 6) is 0.680. The predicted octanol–water partition coefficient (Wildman–Crippen LogP) is 1.54. The Labute approximate surface area is 103 Å². The summed E-state index contributed by atoms with van der Waals surface area (Å²) in [5.41, 5.74) is 0. The number of nitrogens with zero attached hydrogens (tertiary/aromatic N) is 3. The van der Waals surface area contributed by atoms with Gasteiger partial charge in [0.1, 0.15) is 0 Å². The molecular weight excluding hydrogens is 214 g/mol. The first-order valence-corrected chi connectivity index (χ1v) is 6.58. The average Bonchev–Trinajstić information content (AvgIpc) is 2.85. The smallest absolute Gasteiger partial charge is 0.0949 e. The van der Waals surface area contributed by atoms with Crippen LogP contribution in [0.1, 0.15) is 32.7 Å². The Bertz CT molecular complexity index is 325. The van der Waals surface area contributed by atoms with E-state index >= 15 is 0 Å². The molecule has 1 aromatic heterocycles. The van der Waals surface area contributed by atoms with Gasteiger partial charge in [-0.2, -0.15) is 0 Å². The molecule has 1 aromatic rings. The van der Waals surface area contributed by atoms with E-state index in [0.717, 1.165) is 26.1 Å². The van der Waals surface area contributed by atoms with Gasteiger partial charge >= 0.3 is 0 Å². The third kappa shape index (κ3) is 3.07. The van der Waals surface area contributed by atoms with Crippen molar-refractivity contribution >= 4 is 0 Å². The number of hydrogen-bond donors (Lipinski definition) is 1. The molecule has 1 N–H and O–H groups in total. The summed E-state index contributed by atoms with van der Waals surface area (Å²) in [4.78, 5) is 6.50. The molecule has 0 aromatic carbocycles. The first kappa shape index (κ1) is 12.6. The zero-order chi connectivity index (χ0) is 12.3. The fourth-order valence-electron chi connectivity index (χ4n) is 2.56. The van der Waals surface area contributed by atoms with E-state index in [9.17, 15) is 5.11 Å². The highest BCUT2D eigenvalue weighted by atomic mass is 16.3. The summed E-state index contributed by atoms with van der Waals surface area (Å²) in [7, 11) is 0. The minimum absolute atomic E-state index is 0.188. The van der Waals surface area contributed by atoms with E-state index in [1.54, 1.807) is 0 Å². The standard InChI is InChI=1S/C13H23N3O/c1-3-12(17)8-15-6-4-11(2)13(9-15)16-7-5-14-10-16/h5,7,10-13,17H,3-4,6,8-9H2,1-2H3. The number of aliphatic hydroxyl groups is 1. The molecule has 1 fully saturated rings. The van der Waals surface area contributed by atoms with Gasteiger partial charge in [0.15, 0.2) is 0 Å². The van der Waals surface area contributed by atoms with Crippen molar-refractivity contribution in [2.45, 2.75) is 38.8 Å². The largest absolute Gasteiger partial charge is 0.392 e. The normalized spacial score (nSPS) is 28.2. The van der Waals surface area contributed by atoms with Gasteiger partial charge in [-0.05, 0) is 25.3 Å². The van der Waals surface area contributed by atoms with Crippen LogP contribution < -0.4 is 0 Å². The molecule has 4 nitrogen and oxygen atoms in total. The zero-order valence-corrected chi connectivity index (χ0v) is 10.8. The van der Waals surface area contributed by atoms with Gasteiger partial charge in [-0.25, -0.2) is 4.98 Å². The molecule has 96 valence electrons. The number of rotatable bonds is 4. The summed E-state index contributed by atoms with van der Waals surface area (Å²) >= 11 is 0. The van der Waals surface area contributed by atoms with Crippen LogP contribution in [0.25, 0.3) is 0 Å². The number of aliphatic hydroxyl groups excluding tert-OH is 1. The quantitative estimate of drug-likeness (QED) is 0.863. The summed E-state index contributed by atoms with van der Waals surface area (Å²) in [6.45, 7) is 7.26. The number of hydrogen-bond acceptors (Lipinski definition) is 3. The van der Waals surface area contributed by atoms with Gasteiger partial charge in [-0.1, -0.05) is 13.8 Å². The molecule has 0 amide bonds. The first-order chi connectivity index (χ1) is 8.20. The predicted molar refractivity (Wildman–Crippen MR) is 67.8 cm³/mol. The fraction of sp³-hybridized carbons (Fsp3) is 0.769. The summed E-state index contributed by atoms with van der Waals surface area (Å²) < 4.78 is 2.20. The molecule has 2 heterocycles. The second kappa shape index (κ2) is 5.65. The van der Waals surface area contributed by atoms with Crippen LogP contribution in [0.15, 0.2) is 18.7 Å². The number of β-amino-alcohol motifs (C(OH)–C–C–N with tert-alkyl or cyclic N) is 1. The second-order valence-electron chi connectivity index (χ2n) is 5.16. The van der Waals surface area contributed by atoms with Gasteiger partial charge in [0.25, 0.3) is 0 Å². The molecule has 1 saturated heterocycles. The van der Waals surface area contributed by atoms with E-state index < -0.39 is 0 Å². The van der Waals surface area contributed by atoms with Crippen molar-refractivity contribution in [3.8, 4) is 0 Å². The van der Waals surface area contributed by atoms with Crippen LogP contribution in [0.3, 0.4) is 0 Å². The SMILES string of the molecule is CCC(O)CN1CCC(C)C(n2ccnc2)C1. The van der Waals surface area contributed by atoms with Gasteiger partial charge in [0, 0.05) is 31.5 Å². The molecule has 4 heteroatoms. The molecule has 0 aliphatic carbocycles. The average molecular weight is 237 g/mol. The minimum Gasteiger partial charge on any atom is -0.392 e. The van der Waals surface area contributed by atoms with Crippen molar-refractivity contribution in [2.24, 2.45) is 5.92 Å². The molecule has 1 aliphatic rings. The van der Waals surface area contributed by atoms with E-state index in [0.29, 0.717) is 12.0 Å². The number of imidazole rings is 1. The van der Waals surface area contributed by atoms with Crippen LogP contribution in [0.2, 0.25) is 0 Å². The van der Waals surface area contributed by atoms with Crippen LogP contribution in [0.5, 0.6) is 0 Å². The van der Waals surface area contributed by atoms with E-state index in [1.165, 1.54) is 6.42 Å². The lowest BCUT2D eigenvalue weighted by molar-refractivity contribution is 0.0671. The Balaban J connectivity index is 1.97. The van der Waals surface area contributed by atoms with Crippen LogP contribution in [-0.2, 0) is 0 Å². The van der Waals surface area contributed by atoms with Gasteiger partial charge in [-0.3, -0.25) is 4.90 Å². The first-order valence-electron chi connectivity index (χ1n) is 6.58. The Morgan fingerprint density at radius 2 is 2.35 bits per heavy atom. The topological polar surface area (TPSA) is 41.3 Å². The van der Waals surface area contributed by atoms with Crippen LogP contribution >= 0.6 is 0 Å². The molecule has 0 saturated carbocycles. The Kier molecular flexibility index (Phi) is 4.18. The van der Waals surface area contributed by atoms with Gasteiger partial charge < -0.3 is 9.67 Å². The van der Waals surface area contributed by atoms with Crippen LogP contribution in [-0.4, -0.2) is 45.3 Å². The molecule has 0 radical (unpaired) electrons. The van der Waals surface area contributed by atoms with E-state index in [4.69, 9.17) is 0 Å². The zero-order valence-electron chi connectivity index (χ0n) is 10.8. The summed E-state index contributed by atoms with van der Waals surface area (Å²) in [6, 6.07) is 0.496. The number of aromatic nitrogens is 2. The Morgan fingerprint density at radius 1 is 1.53 bits per heavy atom. The van der Waals surface area contributed by atoms with Crippen molar-refractivity contribution in [3.05, 3.63) is 18.7 Å². The number of likely N-dealkylation sites (tertiary alicyclic amines) is 1. The molecule has 0 spiro atoms. The van der Waals surface area contributed by atoms with Crippen molar-refractivity contribution in [1.29, 1.82) is 0 Å². The minimum atomic E-state index is -0.188. The van der Waals surface area contributed by atoms with Crippen molar-refractivity contribution in [1.82, 2.24) is 14.5 Å². The lowest BCUT2D eigenvalue weighted by Crippen LogP contribution is -2.43. The van der Waals surface area contributed by atoms with E-state index in [2.05, 4.69) is 21.4 Å². The monoisotopic (exact) mass is 237 g/mol. The molecule has 3 unspecified atom stereocenters.